The van der Waals surface area contributed by atoms with Crippen LogP contribution in [0.4, 0.5) is 11.4 Å². The second-order valence-electron chi connectivity index (χ2n) is 5.06. The van der Waals surface area contributed by atoms with Gasteiger partial charge in [0.15, 0.2) is 5.78 Å². The van der Waals surface area contributed by atoms with E-state index in [-0.39, 0.29) is 5.78 Å². The largest absolute Gasteiger partial charge is 0.341 e. The van der Waals surface area contributed by atoms with E-state index in [4.69, 9.17) is 0 Å². The summed E-state index contributed by atoms with van der Waals surface area (Å²) in [5.74, 6) is 0.0771. The van der Waals surface area contributed by atoms with Crippen LogP contribution in [0.25, 0.3) is 0 Å². The predicted octanol–water partition coefficient (Wildman–Crippen LogP) is 5.59. The summed E-state index contributed by atoms with van der Waals surface area (Å²) in [7, 11) is 0. The lowest BCUT2D eigenvalue weighted by Gasteiger charge is -2.25. The summed E-state index contributed by atoms with van der Waals surface area (Å²) < 4.78 is 0.852. The quantitative estimate of drug-likeness (QED) is 0.636. The smallest absolute Gasteiger partial charge is 0.160 e. The van der Waals surface area contributed by atoms with Gasteiger partial charge >= 0.3 is 0 Å². The van der Waals surface area contributed by atoms with Crippen molar-refractivity contribution in [3.8, 4) is 0 Å². The van der Waals surface area contributed by atoms with E-state index < -0.39 is 0 Å². The molecule has 0 aromatic heterocycles. The maximum atomic E-state index is 11.5. The van der Waals surface area contributed by atoms with Crippen molar-refractivity contribution >= 4 is 33.1 Å². The average Bonchev–Trinajstić information content (AvgIpc) is 2.48. The Labute approximate surface area is 134 Å². The van der Waals surface area contributed by atoms with Crippen LogP contribution in [-0.4, -0.2) is 12.3 Å². The number of benzene rings is 2. The molecule has 2 aromatic carbocycles. The van der Waals surface area contributed by atoms with E-state index in [1.165, 1.54) is 5.69 Å². The number of ketones is 1. The Kier molecular flexibility index (Phi) is 5.57. The molecule has 2 nitrogen and oxygen atoms in total. The molecule has 0 bridgehead atoms. The molecule has 0 aliphatic carbocycles. The number of anilines is 2. The summed E-state index contributed by atoms with van der Waals surface area (Å²) >= 11 is 3.51. The van der Waals surface area contributed by atoms with E-state index in [1.54, 1.807) is 6.92 Å². The Bertz CT molecular complexity index is 610. The number of unbranched alkanes of at least 4 members (excludes halogenated alkanes) is 1. The molecule has 0 unspecified atom stereocenters. The monoisotopic (exact) mass is 345 g/mol. The van der Waals surface area contributed by atoms with Crippen LogP contribution in [-0.2, 0) is 0 Å². The lowest BCUT2D eigenvalue weighted by molar-refractivity contribution is 0.101. The summed E-state index contributed by atoms with van der Waals surface area (Å²) in [6, 6.07) is 16.3. The molecule has 110 valence electrons. The van der Waals surface area contributed by atoms with Gasteiger partial charge in [0, 0.05) is 28.0 Å². The molecule has 0 amide bonds. The van der Waals surface area contributed by atoms with Crippen LogP contribution in [0, 0.1) is 0 Å². The highest BCUT2D eigenvalue weighted by atomic mass is 79.9. The summed E-state index contributed by atoms with van der Waals surface area (Å²) in [6.07, 6.45) is 2.27. The number of para-hydroxylation sites is 1. The summed E-state index contributed by atoms with van der Waals surface area (Å²) in [4.78, 5) is 13.8. The fourth-order valence-corrected chi connectivity index (χ4v) is 2.93. The first-order chi connectivity index (χ1) is 10.1. The lowest BCUT2D eigenvalue weighted by Crippen LogP contribution is -2.18. The molecule has 0 atom stereocenters. The molecule has 2 rings (SSSR count). The molecule has 0 saturated carbocycles. The number of hydrogen-bond donors (Lipinski definition) is 0. The van der Waals surface area contributed by atoms with E-state index in [9.17, 15) is 4.79 Å². The Morgan fingerprint density at radius 3 is 2.38 bits per heavy atom. The summed E-state index contributed by atoms with van der Waals surface area (Å²) in [5.41, 5.74) is 3.00. The van der Waals surface area contributed by atoms with Crippen molar-refractivity contribution in [2.75, 3.05) is 11.4 Å². The zero-order valence-corrected chi connectivity index (χ0v) is 14.1. The maximum absolute atomic E-state index is 11.5. The van der Waals surface area contributed by atoms with Crippen LogP contribution in [0.3, 0.4) is 0 Å². The standard InChI is InChI=1S/C18H20BrNO/c1-3-4-12-20(15-8-6-5-7-9-15)16-10-11-17(14(2)21)18(19)13-16/h5-11,13H,3-4,12H2,1-2H3. The normalized spacial score (nSPS) is 10.4. The van der Waals surface area contributed by atoms with Gasteiger partial charge in [-0.2, -0.15) is 0 Å². The Morgan fingerprint density at radius 2 is 1.81 bits per heavy atom. The minimum Gasteiger partial charge on any atom is -0.341 e. The Hall–Kier alpha value is -1.61. The van der Waals surface area contributed by atoms with Crippen LogP contribution in [0.5, 0.6) is 0 Å². The van der Waals surface area contributed by atoms with Gasteiger partial charge in [-0.25, -0.2) is 0 Å². The molecule has 0 spiro atoms. The summed E-state index contributed by atoms with van der Waals surface area (Å²) in [6.45, 7) is 4.75. The molecule has 0 radical (unpaired) electrons. The predicted molar refractivity (Wildman–Crippen MR) is 92.5 cm³/mol. The van der Waals surface area contributed by atoms with Crippen LogP contribution in [0.1, 0.15) is 37.0 Å². The van der Waals surface area contributed by atoms with Gasteiger partial charge in [0.1, 0.15) is 0 Å². The van der Waals surface area contributed by atoms with Crippen molar-refractivity contribution in [1.29, 1.82) is 0 Å². The van der Waals surface area contributed by atoms with Crippen molar-refractivity contribution in [3.63, 3.8) is 0 Å². The molecule has 2 aromatic rings. The number of Topliss-reactive ketones (excluding diaryl/α,β-unsaturated/α-hetero) is 1. The molecule has 21 heavy (non-hydrogen) atoms. The average molecular weight is 346 g/mol. The Morgan fingerprint density at radius 1 is 1.10 bits per heavy atom. The molecule has 0 aliphatic heterocycles. The van der Waals surface area contributed by atoms with E-state index in [0.29, 0.717) is 0 Å². The van der Waals surface area contributed by atoms with Crippen LogP contribution in [0.15, 0.2) is 53.0 Å². The second-order valence-corrected chi connectivity index (χ2v) is 5.92. The molecular weight excluding hydrogens is 326 g/mol. The molecule has 3 heteroatoms. The van der Waals surface area contributed by atoms with Crippen LogP contribution < -0.4 is 4.90 Å². The van der Waals surface area contributed by atoms with E-state index in [2.05, 4.69) is 39.9 Å². The molecule has 0 fully saturated rings. The fourth-order valence-electron chi connectivity index (χ4n) is 2.29. The van der Waals surface area contributed by atoms with E-state index >= 15 is 0 Å². The zero-order chi connectivity index (χ0) is 15.2. The molecule has 0 aliphatic rings. The van der Waals surface area contributed by atoms with Crippen molar-refractivity contribution in [2.45, 2.75) is 26.7 Å². The second kappa shape index (κ2) is 7.41. The molecule has 0 saturated heterocycles. The maximum Gasteiger partial charge on any atom is 0.160 e. The van der Waals surface area contributed by atoms with Gasteiger partial charge in [-0.15, -0.1) is 0 Å². The lowest BCUT2D eigenvalue weighted by atomic mass is 10.1. The molecule has 0 N–H and O–H groups in total. The topological polar surface area (TPSA) is 20.3 Å². The summed E-state index contributed by atoms with van der Waals surface area (Å²) in [5, 5.41) is 0. The first-order valence-electron chi connectivity index (χ1n) is 7.26. The third kappa shape index (κ3) is 3.94. The Balaban J connectivity index is 2.37. The minimum atomic E-state index is 0.0771. The third-order valence-corrected chi connectivity index (χ3v) is 4.10. The van der Waals surface area contributed by atoms with Crippen LogP contribution in [0.2, 0.25) is 0 Å². The number of hydrogen-bond acceptors (Lipinski definition) is 2. The van der Waals surface area contributed by atoms with Crippen molar-refractivity contribution < 1.29 is 4.79 Å². The van der Waals surface area contributed by atoms with Gasteiger partial charge in [0.25, 0.3) is 0 Å². The van der Waals surface area contributed by atoms with Gasteiger partial charge in [-0.05, 0) is 59.6 Å². The van der Waals surface area contributed by atoms with Crippen molar-refractivity contribution in [1.82, 2.24) is 0 Å². The van der Waals surface area contributed by atoms with Gasteiger partial charge in [-0.1, -0.05) is 31.5 Å². The number of halogens is 1. The van der Waals surface area contributed by atoms with Gasteiger partial charge < -0.3 is 4.90 Å². The fraction of sp³-hybridized carbons (Fsp3) is 0.278. The number of carbonyl (C=O) groups is 1. The SMILES string of the molecule is CCCCN(c1ccccc1)c1ccc(C(C)=O)c(Br)c1. The van der Waals surface area contributed by atoms with Crippen molar-refractivity contribution in [3.05, 3.63) is 58.6 Å². The number of nitrogens with zero attached hydrogens (tertiary/aromatic N) is 1. The van der Waals surface area contributed by atoms with E-state index in [0.717, 1.165) is 35.1 Å². The highest BCUT2D eigenvalue weighted by molar-refractivity contribution is 9.10. The van der Waals surface area contributed by atoms with Gasteiger partial charge in [-0.3, -0.25) is 4.79 Å². The molecular formula is C18H20BrNO. The molecule has 0 heterocycles. The van der Waals surface area contributed by atoms with Crippen molar-refractivity contribution in [2.24, 2.45) is 0 Å². The van der Waals surface area contributed by atoms with Gasteiger partial charge in [0.05, 0.1) is 0 Å². The highest BCUT2D eigenvalue weighted by Crippen LogP contribution is 2.30. The first-order valence-corrected chi connectivity index (χ1v) is 8.06. The van der Waals surface area contributed by atoms with Crippen LogP contribution >= 0.6 is 15.9 Å². The minimum absolute atomic E-state index is 0.0771. The first kappa shape index (κ1) is 15.8. The van der Waals surface area contributed by atoms with Gasteiger partial charge in [0.2, 0.25) is 0 Å². The van der Waals surface area contributed by atoms with E-state index in [1.807, 2.05) is 36.4 Å². The zero-order valence-electron chi connectivity index (χ0n) is 12.5. The third-order valence-electron chi connectivity index (χ3n) is 3.45. The number of carbonyl (C=O) groups excluding carboxylic acids is 1. The number of rotatable bonds is 6. The highest BCUT2D eigenvalue weighted by Gasteiger charge is 2.12.